The van der Waals surface area contributed by atoms with Gasteiger partial charge < -0.3 is 19.9 Å². The van der Waals surface area contributed by atoms with E-state index < -0.39 is 0 Å². The van der Waals surface area contributed by atoms with E-state index in [-0.39, 0.29) is 5.91 Å². The largest absolute Gasteiger partial charge is 0.370 e. The molecule has 0 unspecified atom stereocenters. The highest BCUT2D eigenvalue weighted by Crippen LogP contribution is 2.41. The van der Waals surface area contributed by atoms with Crippen LogP contribution in [-0.4, -0.2) is 61.8 Å². The molecule has 2 N–H and O–H groups in total. The third kappa shape index (κ3) is 4.60. The molecule has 8 heteroatoms. The Morgan fingerprint density at radius 1 is 1.30 bits per heavy atom. The van der Waals surface area contributed by atoms with Gasteiger partial charge in [0.15, 0.2) is 5.82 Å². The Balaban J connectivity index is 1.74. The van der Waals surface area contributed by atoms with Crippen LogP contribution in [0.2, 0.25) is 0 Å². The zero-order valence-electron chi connectivity index (χ0n) is 18.4. The number of ether oxygens (including phenoxy) is 1. The van der Waals surface area contributed by atoms with Crippen molar-refractivity contribution >= 4 is 33.3 Å². The van der Waals surface area contributed by atoms with Crippen LogP contribution in [0.25, 0.3) is 10.2 Å². The van der Waals surface area contributed by atoms with Crippen LogP contribution in [0.1, 0.15) is 43.5 Å². The van der Waals surface area contributed by atoms with Gasteiger partial charge >= 0.3 is 0 Å². The first-order chi connectivity index (χ1) is 14.6. The van der Waals surface area contributed by atoms with Crippen molar-refractivity contribution < 1.29 is 14.4 Å². The number of fused-ring (bicyclic) bond motifs is 3. The van der Waals surface area contributed by atoms with Gasteiger partial charge in [-0.2, -0.15) is 0 Å². The van der Waals surface area contributed by atoms with Gasteiger partial charge in [0, 0.05) is 18.0 Å². The van der Waals surface area contributed by atoms with Crippen molar-refractivity contribution in [2.45, 2.75) is 46.6 Å². The van der Waals surface area contributed by atoms with Crippen molar-refractivity contribution in [1.29, 1.82) is 0 Å². The van der Waals surface area contributed by atoms with Crippen molar-refractivity contribution in [3.05, 3.63) is 16.3 Å². The number of quaternary nitrogens is 1. The first-order valence-corrected chi connectivity index (χ1v) is 12.1. The fourth-order valence-corrected chi connectivity index (χ4v) is 5.89. The molecule has 1 aliphatic heterocycles. The molecule has 1 saturated heterocycles. The predicted molar refractivity (Wildman–Crippen MR) is 120 cm³/mol. The van der Waals surface area contributed by atoms with Crippen molar-refractivity contribution in [3.63, 3.8) is 0 Å². The quantitative estimate of drug-likeness (QED) is 0.688. The standard InChI is InChI=1S/C22H33N5O2S/c1-4-23-19(28)14-27(5-2)21-20-16-7-6-15(3)12-17(16)30-22(20)25-18(24-21)13-26-8-10-29-11-9-26/h15H,4-14H2,1-3H3,(H,23,28)/p+1/t15-/m0/s1. The third-order valence-corrected chi connectivity index (χ3v) is 7.33. The number of anilines is 1. The van der Waals surface area contributed by atoms with Crippen molar-refractivity contribution in [2.75, 3.05) is 50.8 Å². The molecule has 1 amide bonds. The molecule has 0 bridgehead atoms. The van der Waals surface area contributed by atoms with Crippen LogP contribution in [0.4, 0.5) is 5.82 Å². The maximum atomic E-state index is 12.4. The van der Waals surface area contributed by atoms with E-state index in [2.05, 4.69) is 24.1 Å². The topological polar surface area (TPSA) is 71.8 Å². The van der Waals surface area contributed by atoms with E-state index in [1.54, 1.807) is 0 Å². The number of thiophene rings is 1. The number of aromatic nitrogens is 2. The molecule has 0 saturated carbocycles. The number of hydrogen-bond donors (Lipinski definition) is 2. The van der Waals surface area contributed by atoms with Crippen LogP contribution in [-0.2, 0) is 28.9 Å². The van der Waals surface area contributed by atoms with Crippen LogP contribution in [0.3, 0.4) is 0 Å². The number of aryl methyl sites for hydroxylation is 1. The molecule has 2 aliphatic rings. The zero-order chi connectivity index (χ0) is 21.1. The molecule has 0 aromatic carbocycles. The van der Waals surface area contributed by atoms with E-state index in [1.807, 2.05) is 18.3 Å². The summed E-state index contributed by atoms with van der Waals surface area (Å²) in [6.45, 7) is 12.5. The number of hydrogen-bond acceptors (Lipinski definition) is 6. The normalized spacial score (nSPS) is 19.6. The Bertz CT molecular complexity index is 893. The van der Waals surface area contributed by atoms with Crippen LogP contribution in [0.5, 0.6) is 0 Å². The summed E-state index contributed by atoms with van der Waals surface area (Å²) in [5, 5.41) is 4.12. The van der Waals surface area contributed by atoms with E-state index >= 15 is 0 Å². The molecular weight excluding hydrogens is 398 g/mol. The average molecular weight is 433 g/mol. The van der Waals surface area contributed by atoms with Gasteiger partial charge in [0.25, 0.3) is 0 Å². The summed E-state index contributed by atoms with van der Waals surface area (Å²) in [5.41, 5.74) is 1.42. The maximum Gasteiger partial charge on any atom is 0.239 e. The summed E-state index contributed by atoms with van der Waals surface area (Å²) in [6, 6.07) is 0. The molecule has 1 aliphatic carbocycles. The second-order valence-corrected chi connectivity index (χ2v) is 9.59. The summed E-state index contributed by atoms with van der Waals surface area (Å²) in [7, 11) is 0. The van der Waals surface area contributed by atoms with Gasteiger partial charge in [0.05, 0.1) is 25.1 Å². The lowest BCUT2D eigenvalue weighted by Crippen LogP contribution is -3.12. The number of amides is 1. The van der Waals surface area contributed by atoms with E-state index in [0.29, 0.717) is 13.1 Å². The summed E-state index contributed by atoms with van der Waals surface area (Å²) < 4.78 is 5.51. The fraction of sp³-hybridized carbons (Fsp3) is 0.682. The van der Waals surface area contributed by atoms with Gasteiger partial charge in [-0.05, 0) is 44.6 Å². The van der Waals surface area contributed by atoms with Crippen molar-refractivity contribution in [1.82, 2.24) is 15.3 Å². The maximum absolute atomic E-state index is 12.4. The lowest BCUT2D eigenvalue weighted by atomic mass is 9.89. The van der Waals surface area contributed by atoms with Gasteiger partial charge in [-0.3, -0.25) is 4.79 Å². The molecule has 0 spiro atoms. The Labute approximate surface area is 182 Å². The highest BCUT2D eigenvalue weighted by atomic mass is 32.1. The highest BCUT2D eigenvalue weighted by Gasteiger charge is 2.27. The summed E-state index contributed by atoms with van der Waals surface area (Å²) >= 11 is 1.84. The van der Waals surface area contributed by atoms with Gasteiger partial charge in [-0.15, -0.1) is 11.3 Å². The smallest absolute Gasteiger partial charge is 0.239 e. The van der Waals surface area contributed by atoms with Crippen LogP contribution in [0.15, 0.2) is 0 Å². The van der Waals surface area contributed by atoms with E-state index in [1.165, 1.54) is 27.1 Å². The van der Waals surface area contributed by atoms with Gasteiger partial charge in [-0.1, -0.05) is 6.92 Å². The Morgan fingerprint density at radius 2 is 2.10 bits per heavy atom. The first-order valence-electron chi connectivity index (χ1n) is 11.3. The highest BCUT2D eigenvalue weighted by molar-refractivity contribution is 7.19. The second kappa shape index (κ2) is 9.58. The van der Waals surface area contributed by atoms with E-state index in [9.17, 15) is 4.79 Å². The molecule has 2 aromatic heterocycles. The molecular formula is C22H34N5O2S+. The lowest BCUT2D eigenvalue weighted by Gasteiger charge is -2.26. The van der Waals surface area contributed by atoms with Gasteiger partial charge in [0.1, 0.15) is 30.3 Å². The van der Waals surface area contributed by atoms with Crippen molar-refractivity contribution in [2.24, 2.45) is 5.92 Å². The average Bonchev–Trinajstić information content (AvgIpc) is 3.09. The molecule has 1 atom stereocenters. The summed E-state index contributed by atoms with van der Waals surface area (Å²) in [5.74, 6) is 2.60. The number of likely N-dealkylation sites (N-methyl/N-ethyl adjacent to an activating group) is 2. The van der Waals surface area contributed by atoms with Gasteiger partial charge in [-0.25, -0.2) is 9.97 Å². The van der Waals surface area contributed by atoms with Crippen LogP contribution < -0.4 is 15.1 Å². The monoisotopic (exact) mass is 432 g/mol. The molecule has 3 heterocycles. The Hall–Kier alpha value is -1.77. The minimum absolute atomic E-state index is 0.0455. The van der Waals surface area contributed by atoms with Crippen molar-refractivity contribution in [3.8, 4) is 0 Å². The fourth-order valence-electron chi connectivity index (χ4n) is 4.50. The van der Waals surface area contributed by atoms with Gasteiger partial charge in [0.2, 0.25) is 5.91 Å². The molecule has 7 nitrogen and oxygen atoms in total. The molecule has 0 radical (unpaired) electrons. The third-order valence-electron chi connectivity index (χ3n) is 6.18. The van der Waals surface area contributed by atoms with Crippen LogP contribution in [0, 0.1) is 5.92 Å². The number of morpholine rings is 1. The second-order valence-electron chi connectivity index (χ2n) is 8.50. The first kappa shape index (κ1) is 21.5. The predicted octanol–water partition coefficient (Wildman–Crippen LogP) is 1.19. The number of nitrogens with zero attached hydrogens (tertiary/aromatic N) is 3. The molecule has 164 valence electrons. The number of carbonyl (C=O) groups excluding carboxylic acids is 1. The Morgan fingerprint density at radius 3 is 2.83 bits per heavy atom. The number of nitrogens with one attached hydrogen (secondary N) is 2. The molecule has 2 aromatic rings. The number of rotatable bonds is 7. The van der Waals surface area contributed by atoms with Crippen LogP contribution >= 0.6 is 11.3 Å². The minimum Gasteiger partial charge on any atom is -0.370 e. The lowest BCUT2D eigenvalue weighted by molar-refractivity contribution is -0.922. The molecule has 4 rings (SSSR count). The zero-order valence-corrected chi connectivity index (χ0v) is 19.2. The Kier molecular flexibility index (Phi) is 6.85. The SMILES string of the molecule is CCNC(=O)CN(CC)c1nc(C[NH+]2CCOCC2)nc2sc3c(c12)CC[C@H](C)C3. The van der Waals surface area contributed by atoms with E-state index in [4.69, 9.17) is 14.7 Å². The van der Waals surface area contributed by atoms with E-state index in [0.717, 1.165) is 74.6 Å². The minimum atomic E-state index is 0.0455. The molecule has 30 heavy (non-hydrogen) atoms. The summed E-state index contributed by atoms with van der Waals surface area (Å²) in [6.07, 6.45) is 3.42. The number of carbonyl (C=O) groups is 1. The summed E-state index contributed by atoms with van der Waals surface area (Å²) in [4.78, 5) is 28.6. The molecule has 1 fully saturated rings.